The summed E-state index contributed by atoms with van der Waals surface area (Å²) >= 11 is 0. The average molecular weight is 258 g/mol. The minimum absolute atomic E-state index is 0.0103. The van der Waals surface area contributed by atoms with Crippen LogP contribution in [0.1, 0.15) is 0 Å². The number of benzene rings is 1. The second-order valence-electron chi connectivity index (χ2n) is 4.49. The number of para-hydroxylation sites is 1. The Labute approximate surface area is 110 Å². The summed E-state index contributed by atoms with van der Waals surface area (Å²) in [6.45, 7) is 1.38. The van der Waals surface area contributed by atoms with Gasteiger partial charge in [0.05, 0.1) is 5.69 Å². The molecule has 0 spiro atoms. The molecule has 2 aromatic rings. The van der Waals surface area contributed by atoms with Crippen molar-refractivity contribution < 1.29 is 9.32 Å². The van der Waals surface area contributed by atoms with Gasteiger partial charge in [0.15, 0.2) is 0 Å². The van der Waals surface area contributed by atoms with Gasteiger partial charge in [-0.15, -0.1) is 0 Å². The van der Waals surface area contributed by atoms with Crippen LogP contribution >= 0.6 is 0 Å². The van der Waals surface area contributed by atoms with E-state index in [-0.39, 0.29) is 11.9 Å². The molecule has 6 nitrogen and oxygen atoms in total. The lowest BCUT2D eigenvalue weighted by Gasteiger charge is -2.18. The summed E-state index contributed by atoms with van der Waals surface area (Å²) in [5, 5.41) is 3.91. The largest absolute Gasteiger partial charge is 0.368 e. The van der Waals surface area contributed by atoms with Crippen molar-refractivity contribution in [1.29, 1.82) is 0 Å². The number of hydrogen-bond donors (Lipinski definition) is 1. The number of hydrogen-bond acceptors (Lipinski definition) is 4. The van der Waals surface area contributed by atoms with Crippen molar-refractivity contribution in [2.24, 2.45) is 0 Å². The first-order valence-electron chi connectivity index (χ1n) is 6.01. The standard InChI is InChI=1S/C13H14N4O2/c1-16-6-7-17(13(16)18)11-5-3-2-4-9(11)10-8-12(14)19-15-10/h2-5,8H,6-7,14H2,1H3. The van der Waals surface area contributed by atoms with E-state index in [9.17, 15) is 4.79 Å². The molecular formula is C13H14N4O2. The van der Waals surface area contributed by atoms with E-state index in [1.807, 2.05) is 24.3 Å². The van der Waals surface area contributed by atoms with Crippen LogP contribution in [0.25, 0.3) is 11.3 Å². The zero-order valence-electron chi connectivity index (χ0n) is 10.5. The summed E-state index contributed by atoms with van der Waals surface area (Å²) in [6.07, 6.45) is 0. The second-order valence-corrected chi connectivity index (χ2v) is 4.49. The second kappa shape index (κ2) is 4.31. The highest BCUT2D eigenvalue weighted by atomic mass is 16.5. The molecule has 19 heavy (non-hydrogen) atoms. The fourth-order valence-corrected chi connectivity index (χ4v) is 2.21. The first-order chi connectivity index (χ1) is 9.16. The highest BCUT2D eigenvalue weighted by Gasteiger charge is 2.28. The molecule has 1 fully saturated rings. The topological polar surface area (TPSA) is 75.6 Å². The number of aromatic nitrogens is 1. The number of likely N-dealkylation sites (N-methyl/N-ethyl adjacent to an activating group) is 1. The summed E-state index contributed by atoms with van der Waals surface area (Å²) in [7, 11) is 1.79. The van der Waals surface area contributed by atoms with Crippen LogP contribution < -0.4 is 10.6 Å². The highest BCUT2D eigenvalue weighted by molar-refractivity contribution is 5.98. The van der Waals surface area contributed by atoms with Gasteiger partial charge in [-0.05, 0) is 6.07 Å². The average Bonchev–Trinajstić information content (AvgIpc) is 2.98. The van der Waals surface area contributed by atoms with Gasteiger partial charge in [0.1, 0.15) is 5.69 Å². The van der Waals surface area contributed by atoms with E-state index in [1.54, 1.807) is 22.9 Å². The van der Waals surface area contributed by atoms with E-state index in [4.69, 9.17) is 10.3 Å². The molecule has 1 aromatic heterocycles. The third-order valence-corrected chi connectivity index (χ3v) is 3.22. The van der Waals surface area contributed by atoms with Crippen LogP contribution in [0.15, 0.2) is 34.9 Å². The maximum atomic E-state index is 12.1. The number of carbonyl (C=O) groups is 1. The Hall–Kier alpha value is -2.50. The first-order valence-corrected chi connectivity index (χ1v) is 6.01. The van der Waals surface area contributed by atoms with Gasteiger partial charge in [0, 0.05) is 31.8 Å². The number of anilines is 2. The molecule has 1 aromatic carbocycles. The molecule has 0 aliphatic carbocycles. The van der Waals surface area contributed by atoms with E-state index in [2.05, 4.69) is 5.16 Å². The summed E-state index contributed by atoms with van der Waals surface area (Å²) in [6, 6.07) is 9.24. The van der Waals surface area contributed by atoms with Crippen molar-refractivity contribution in [3.63, 3.8) is 0 Å². The molecule has 98 valence electrons. The van der Waals surface area contributed by atoms with Crippen molar-refractivity contribution >= 4 is 17.6 Å². The molecule has 3 rings (SSSR count). The third-order valence-electron chi connectivity index (χ3n) is 3.22. The van der Waals surface area contributed by atoms with E-state index in [0.29, 0.717) is 18.8 Å². The zero-order chi connectivity index (χ0) is 13.4. The maximum absolute atomic E-state index is 12.1. The van der Waals surface area contributed by atoms with Crippen molar-refractivity contribution in [1.82, 2.24) is 10.1 Å². The predicted octanol–water partition coefficient (Wildman–Crippen LogP) is 1.80. The lowest BCUT2D eigenvalue weighted by Crippen LogP contribution is -2.29. The van der Waals surface area contributed by atoms with E-state index < -0.39 is 0 Å². The molecule has 0 unspecified atom stereocenters. The van der Waals surface area contributed by atoms with Gasteiger partial charge in [-0.1, -0.05) is 23.4 Å². The van der Waals surface area contributed by atoms with Crippen LogP contribution in [0, 0.1) is 0 Å². The van der Waals surface area contributed by atoms with Gasteiger partial charge >= 0.3 is 6.03 Å². The number of carbonyl (C=O) groups excluding carboxylic acids is 1. The van der Waals surface area contributed by atoms with Crippen molar-refractivity contribution in [2.45, 2.75) is 0 Å². The number of nitrogen functional groups attached to an aromatic ring is 1. The van der Waals surface area contributed by atoms with E-state index in [1.165, 1.54) is 0 Å². The van der Waals surface area contributed by atoms with Crippen molar-refractivity contribution in [3.05, 3.63) is 30.3 Å². The van der Waals surface area contributed by atoms with Crippen LogP contribution in [0.4, 0.5) is 16.4 Å². The molecule has 0 atom stereocenters. The molecule has 0 radical (unpaired) electrons. The summed E-state index contributed by atoms with van der Waals surface area (Å²) < 4.78 is 4.90. The van der Waals surface area contributed by atoms with Crippen LogP contribution in [0.2, 0.25) is 0 Å². The molecule has 0 saturated carbocycles. The summed E-state index contributed by atoms with van der Waals surface area (Å²) in [4.78, 5) is 15.5. The normalized spacial score (nSPS) is 15.3. The van der Waals surface area contributed by atoms with Crippen molar-refractivity contribution in [3.8, 4) is 11.3 Å². The maximum Gasteiger partial charge on any atom is 0.324 e. The molecule has 1 aliphatic heterocycles. The fourth-order valence-electron chi connectivity index (χ4n) is 2.21. The SMILES string of the molecule is CN1CCN(c2ccccc2-c2cc(N)on2)C1=O. The van der Waals surface area contributed by atoms with Gasteiger partial charge in [0.25, 0.3) is 0 Å². The summed E-state index contributed by atoms with van der Waals surface area (Å²) in [5.41, 5.74) is 7.85. The highest BCUT2D eigenvalue weighted by Crippen LogP contribution is 2.32. The van der Waals surface area contributed by atoms with Gasteiger partial charge in [-0.2, -0.15) is 0 Å². The number of urea groups is 1. The number of amides is 2. The van der Waals surface area contributed by atoms with Crippen LogP contribution in [0.5, 0.6) is 0 Å². The Bertz CT molecular complexity index is 623. The predicted molar refractivity (Wildman–Crippen MR) is 71.7 cm³/mol. The molecule has 1 aliphatic rings. The molecular weight excluding hydrogens is 244 g/mol. The van der Waals surface area contributed by atoms with E-state index in [0.717, 1.165) is 11.3 Å². The smallest absolute Gasteiger partial charge is 0.324 e. The Morgan fingerprint density at radius 3 is 2.74 bits per heavy atom. The Morgan fingerprint density at radius 1 is 1.32 bits per heavy atom. The molecule has 1 saturated heterocycles. The van der Waals surface area contributed by atoms with Gasteiger partial charge < -0.3 is 15.2 Å². The molecule has 6 heteroatoms. The number of nitrogens with two attached hydrogens (primary N) is 1. The minimum atomic E-state index is -0.0103. The summed E-state index contributed by atoms with van der Waals surface area (Å²) in [5.74, 6) is 0.259. The quantitative estimate of drug-likeness (QED) is 0.891. The Kier molecular flexibility index (Phi) is 2.63. The molecule has 0 bridgehead atoms. The van der Waals surface area contributed by atoms with Crippen LogP contribution in [-0.2, 0) is 0 Å². The van der Waals surface area contributed by atoms with Crippen LogP contribution in [0.3, 0.4) is 0 Å². The lowest BCUT2D eigenvalue weighted by atomic mass is 10.1. The minimum Gasteiger partial charge on any atom is -0.368 e. The first kappa shape index (κ1) is 11.6. The monoisotopic (exact) mass is 258 g/mol. The number of nitrogens with zero attached hydrogens (tertiary/aromatic N) is 3. The van der Waals surface area contributed by atoms with Gasteiger partial charge in [-0.3, -0.25) is 4.90 Å². The molecule has 2 heterocycles. The third kappa shape index (κ3) is 1.91. The number of rotatable bonds is 2. The van der Waals surface area contributed by atoms with Crippen molar-refractivity contribution in [2.75, 3.05) is 30.8 Å². The van der Waals surface area contributed by atoms with Gasteiger partial charge in [0.2, 0.25) is 5.88 Å². The lowest BCUT2D eigenvalue weighted by molar-refractivity contribution is 0.229. The molecule has 2 amide bonds. The van der Waals surface area contributed by atoms with Gasteiger partial charge in [-0.25, -0.2) is 4.79 Å². The molecule has 2 N–H and O–H groups in total. The Morgan fingerprint density at radius 2 is 2.11 bits per heavy atom. The van der Waals surface area contributed by atoms with Crippen LogP contribution in [-0.4, -0.2) is 36.2 Å². The van der Waals surface area contributed by atoms with E-state index >= 15 is 0 Å². The zero-order valence-corrected chi connectivity index (χ0v) is 10.5. The fraction of sp³-hybridized carbons (Fsp3) is 0.231. The Balaban J connectivity index is 2.05.